The van der Waals surface area contributed by atoms with E-state index in [-0.39, 0.29) is 18.5 Å². The van der Waals surface area contributed by atoms with Gasteiger partial charge in [0.2, 0.25) is 0 Å². The molecule has 94 valence electrons. The zero-order valence-corrected chi connectivity index (χ0v) is 9.62. The topological polar surface area (TPSA) is 40.5 Å². The third-order valence-electron chi connectivity index (χ3n) is 2.38. The van der Waals surface area contributed by atoms with Crippen LogP contribution in [0.2, 0.25) is 0 Å². The Morgan fingerprint density at radius 1 is 1.41 bits per heavy atom. The van der Waals surface area contributed by atoms with Gasteiger partial charge in [-0.3, -0.25) is 4.79 Å². The number of carboxylic acid groups (broad SMARTS) is 1. The van der Waals surface area contributed by atoms with Crippen LogP contribution in [0.3, 0.4) is 0 Å². The number of aliphatic carboxylic acids is 1. The van der Waals surface area contributed by atoms with Gasteiger partial charge < -0.3 is 10.0 Å². The quantitative estimate of drug-likeness (QED) is 0.833. The summed E-state index contributed by atoms with van der Waals surface area (Å²) < 4.78 is 26.2. The Labute approximate surface area is 98.7 Å². The second-order valence-electron chi connectivity index (χ2n) is 3.97. The number of carbonyl (C=O) groups is 1. The van der Waals surface area contributed by atoms with Crippen LogP contribution in [0.25, 0.3) is 0 Å². The molecule has 1 rings (SSSR count). The molecule has 0 amide bonds. The summed E-state index contributed by atoms with van der Waals surface area (Å²) in [6.07, 6.45) is 0.568. The smallest absolute Gasteiger partial charge is 0.303 e. The van der Waals surface area contributed by atoms with Crippen LogP contribution in [-0.4, -0.2) is 29.6 Å². The number of hydrogen-bond acceptors (Lipinski definition) is 2. The molecule has 0 spiro atoms. The fourth-order valence-corrected chi connectivity index (χ4v) is 1.53. The molecule has 0 radical (unpaired) electrons. The molecule has 0 aliphatic carbocycles. The highest BCUT2D eigenvalue weighted by Gasteiger charge is 2.07. The number of rotatable bonds is 6. The molecule has 0 unspecified atom stereocenters. The lowest BCUT2D eigenvalue weighted by atomic mass is 10.2. The van der Waals surface area contributed by atoms with Crippen LogP contribution in [0.5, 0.6) is 0 Å². The van der Waals surface area contributed by atoms with E-state index in [1.807, 2.05) is 0 Å². The second-order valence-corrected chi connectivity index (χ2v) is 3.97. The molecule has 17 heavy (non-hydrogen) atoms. The van der Waals surface area contributed by atoms with Gasteiger partial charge in [0.05, 0.1) is 0 Å². The van der Waals surface area contributed by atoms with Crippen molar-refractivity contribution in [3.05, 3.63) is 35.4 Å². The fraction of sp³-hybridized carbons (Fsp3) is 0.417. The van der Waals surface area contributed by atoms with E-state index in [9.17, 15) is 13.6 Å². The average Bonchev–Trinajstić information content (AvgIpc) is 2.23. The van der Waals surface area contributed by atoms with Gasteiger partial charge in [-0.2, -0.15) is 0 Å². The van der Waals surface area contributed by atoms with Gasteiger partial charge in [-0.25, -0.2) is 8.78 Å². The third-order valence-corrected chi connectivity index (χ3v) is 2.38. The molecule has 1 aromatic rings. The van der Waals surface area contributed by atoms with E-state index in [1.54, 1.807) is 11.9 Å². The van der Waals surface area contributed by atoms with Crippen molar-refractivity contribution in [2.45, 2.75) is 19.4 Å². The Morgan fingerprint density at radius 3 is 2.76 bits per heavy atom. The molecule has 3 nitrogen and oxygen atoms in total. The number of carboxylic acids is 1. The average molecular weight is 243 g/mol. The van der Waals surface area contributed by atoms with E-state index in [1.165, 1.54) is 0 Å². The minimum atomic E-state index is -0.852. The van der Waals surface area contributed by atoms with Crippen molar-refractivity contribution in [3.63, 3.8) is 0 Å². The maximum absolute atomic E-state index is 13.3. The lowest BCUT2D eigenvalue weighted by molar-refractivity contribution is -0.137. The van der Waals surface area contributed by atoms with Crippen molar-refractivity contribution in [1.29, 1.82) is 0 Å². The van der Waals surface area contributed by atoms with E-state index in [0.29, 0.717) is 13.0 Å². The van der Waals surface area contributed by atoms with Crippen molar-refractivity contribution in [2.75, 3.05) is 13.6 Å². The molecule has 0 saturated heterocycles. The summed E-state index contributed by atoms with van der Waals surface area (Å²) in [5.74, 6) is -1.77. The molecule has 1 N–H and O–H groups in total. The van der Waals surface area contributed by atoms with Crippen molar-refractivity contribution in [1.82, 2.24) is 4.90 Å². The highest BCUT2D eigenvalue weighted by molar-refractivity contribution is 5.66. The van der Waals surface area contributed by atoms with Gasteiger partial charge in [-0.1, -0.05) is 0 Å². The summed E-state index contributed by atoms with van der Waals surface area (Å²) >= 11 is 0. The normalized spacial score (nSPS) is 10.8. The van der Waals surface area contributed by atoms with E-state index in [0.717, 1.165) is 18.2 Å². The second kappa shape index (κ2) is 6.30. The van der Waals surface area contributed by atoms with Gasteiger partial charge in [-0.05, 0) is 38.2 Å². The Hall–Kier alpha value is -1.49. The molecular weight excluding hydrogens is 228 g/mol. The third kappa shape index (κ3) is 4.91. The zero-order chi connectivity index (χ0) is 12.8. The lowest BCUT2D eigenvalue weighted by Gasteiger charge is -2.16. The molecule has 0 bridgehead atoms. The molecule has 0 aliphatic rings. The number of nitrogens with zero attached hydrogens (tertiary/aromatic N) is 1. The monoisotopic (exact) mass is 243 g/mol. The van der Waals surface area contributed by atoms with Crippen LogP contribution in [0.4, 0.5) is 8.78 Å². The summed E-state index contributed by atoms with van der Waals surface area (Å²) in [6, 6.07) is 3.32. The number of benzene rings is 1. The largest absolute Gasteiger partial charge is 0.481 e. The highest BCUT2D eigenvalue weighted by atomic mass is 19.1. The molecule has 0 fully saturated rings. The molecule has 0 aromatic heterocycles. The van der Waals surface area contributed by atoms with Crippen LogP contribution >= 0.6 is 0 Å². The van der Waals surface area contributed by atoms with Gasteiger partial charge >= 0.3 is 5.97 Å². The van der Waals surface area contributed by atoms with Crippen LogP contribution < -0.4 is 0 Å². The SMILES string of the molecule is CN(CCCC(=O)O)Cc1cc(F)ccc1F. The molecule has 0 saturated carbocycles. The number of halogens is 2. The minimum Gasteiger partial charge on any atom is -0.481 e. The summed E-state index contributed by atoms with van der Waals surface area (Å²) in [6.45, 7) is 0.797. The Morgan fingerprint density at radius 2 is 2.12 bits per heavy atom. The molecule has 0 aliphatic heterocycles. The molecule has 0 atom stereocenters. The zero-order valence-electron chi connectivity index (χ0n) is 9.62. The van der Waals surface area contributed by atoms with Crippen LogP contribution in [-0.2, 0) is 11.3 Å². The van der Waals surface area contributed by atoms with Crippen LogP contribution in [0.1, 0.15) is 18.4 Å². The maximum atomic E-state index is 13.3. The van der Waals surface area contributed by atoms with Crippen molar-refractivity contribution in [2.24, 2.45) is 0 Å². The first-order chi connectivity index (χ1) is 7.99. The Bertz CT molecular complexity index is 396. The van der Waals surface area contributed by atoms with Gasteiger partial charge in [0.1, 0.15) is 11.6 Å². The first-order valence-corrected chi connectivity index (χ1v) is 5.33. The van der Waals surface area contributed by atoms with Gasteiger partial charge in [-0.15, -0.1) is 0 Å². The number of hydrogen-bond donors (Lipinski definition) is 1. The van der Waals surface area contributed by atoms with Crippen molar-refractivity contribution < 1.29 is 18.7 Å². The summed E-state index contributed by atoms with van der Waals surface area (Å²) in [4.78, 5) is 12.1. The van der Waals surface area contributed by atoms with E-state index in [2.05, 4.69) is 0 Å². The van der Waals surface area contributed by atoms with Crippen molar-refractivity contribution in [3.8, 4) is 0 Å². The van der Waals surface area contributed by atoms with E-state index >= 15 is 0 Å². The fourth-order valence-electron chi connectivity index (χ4n) is 1.53. The highest BCUT2D eigenvalue weighted by Crippen LogP contribution is 2.11. The van der Waals surface area contributed by atoms with Gasteiger partial charge in [0.15, 0.2) is 0 Å². The minimum absolute atomic E-state index is 0.0793. The predicted molar refractivity (Wildman–Crippen MR) is 59.6 cm³/mol. The Kier molecular flexibility index (Phi) is 5.03. The Balaban J connectivity index is 2.47. The summed E-state index contributed by atoms with van der Waals surface area (Å²) in [5.41, 5.74) is 0.280. The van der Waals surface area contributed by atoms with Crippen LogP contribution in [0.15, 0.2) is 18.2 Å². The summed E-state index contributed by atoms with van der Waals surface area (Å²) in [5, 5.41) is 8.47. The standard InChI is InChI=1S/C12H15F2NO2/c1-15(6-2-3-12(16)17)8-9-7-10(13)4-5-11(9)14/h4-5,7H,2-3,6,8H2,1H3,(H,16,17). The van der Waals surface area contributed by atoms with E-state index in [4.69, 9.17) is 5.11 Å². The van der Waals surface area contributed by atoms with Crippen molar-refractivity contribution >= 4 is 5.97 Å². The first-order valence-electron chi connectivity index (χ1n) is 5.33. The summed E-state index contributed by atoms with van der Waals surface area (Å²) in [7, 11) is 1.74. The maximum Gasteiger partial charge on any atom is 0.303 e. The molecule has 0 heterocycles. The lowest BCUT2D eigenvalue weighted by Crippen LogP contribution is -2.20. The van der Waals surface area contributed by atoms with Crippen LogP contribution in [0, 0.1) is 11.6 Å². The van der Waals surface area contributed by atoms with Gasteiger partial charge in [0.25, 0.3) is 0 Å². The first kappa shape index (κ1) is 13.6. The predicted octanol–water partition coefficient (Wildman–Crippen LogP) is 2.26. The molecule has 1 aromatic carbocycles. The van der Waals surface area contributed by atoms with Gasteiger partial charge in [0, 0.05) is 18.5 Å². The molecular formula is C12H15F2NO2. The molecule has 5 heteroatoms. The van der Waals surface area contributed by atoms with E-state index < -0.39 is 17.6 Å².